The molecular formula is C12H14N4O3. The van der Waals surface area contributed by atoms with Crippen LogP contribution in [0.3, 0.4) is 0 Å². The summed E-state index contributed by atoms with van der Waals surface area (Å²) in [6.45, 7) is 1.81. The number of hydrogen-bond acceptors (Lipinski definition) is 5. The molecule has 1 saturated heterocycles. The Balaban J connectivity index is 2.05. The molecule has 0 spiro atoms. The standard InChI is InChI=1S/C12H14N4O3/c17-10-3-5-16(6-4-13-10)12-14-7-9(8-15-12)1-2-11(18)19/h1-2,7-8H,3-6H2,(H,13,17)(H,18,19)/b2-1+. The first-order chi connectivity index (χ1) is 9.15. The Kier molecular flexibility index (Phi) is 4.07. The summed E-state index contributed by atoms with van der Waals surface area (Å²) in [4.78, 5) is 31.9. The maximum Gasteiger partial charge on any atom is 0.328 e. The summed E-state index contributed by atoms with van der Waals surface area (Å²) in [6, 6.07) is 0. The molecule has 0 unspecified atom stereocenters. The van der Waals surface area contributed by atoms with Gasteiger partial charge in [0.25, 0.3) is 0 Å². The number of carbonyl (C=O) groups is 2. The van der Waals surface area contributed by atoms with Crippen molar-refractivity contribution in [1.82, 2.24) is 15.3 Å². The Morgan fingerprint density at radius 1 is 1.37 bits per heavy atom. The highest BCUT2D eigenvalue weighted by molar-refractivity contribution is 5.85. The molecule has 7 heteroatoms. The van der Waals surface area contributed by atoms with Gasteiger partial charge in [-0.25, -0.2) is 14.8 Å². The molecule has 0 aliphatic carbocycles. The quantitative estimate of drug-likeness (QED) is 0.739. The van der Waals surface area contributed by atoms with Crippen molar-refractivity contribution in [2.75, 3.05) is 24.5 Å². The van der Waals surface area contributed by atoms with E-state index in [1.54, 1.807) is 12.4 Å². The monoisotopic (exact) mass is 262 g/mol. The van der Waals surface area contributed by atoms with Gasteiger partial charge in [-0.2, -0.15) is 0 Å². The van der Waals surface area contributed by atoms with E-state index in [0.717, 1.165) is 6.08 Å². The Morgan fingerprint density at radius 3 is 2.79 bits per heavy atom. The molecule has 100 valence electrons. The number of nitrogens with zero attached hydrogens (tertiary/aromatic N) is 3. The van der Waals surface area contributed by atoms with Crippen molar-refractivity contribution in [2.45, 2.75) is 6.42 Å². The summed E-state index contributed by atoms with van der Waals surface area (Å²) in [6.07, 6.45) is 6.00. The van der Waals surface area contributed by atoms with Crippen LogP contribution in [-0.2, 0) is 9.59 Å². The summed E-state index contributed by atoms with van der Waals surface area (Å²) in [5, 5.41) is 11.3. The van der Waals surface area contributed by atoms with Crippen molar-refractivity contribution in [3.63, 3.8) is 0 Å². The smallest absolute Gasteiger partial charge is 0.328 e. The molecule has 0 bridgehead atoms. The highest BCUT2D eigenvalue weighted by Crippen LogP contribution is 2.09. The molecule has 1 aromatic heterocycles. The Bertz CT molecular complexity index is 498. The first-order valence-corrected chi connectivity index (χ1v) is 5.90. The SMILES string of the molecule is O=C(O)/C=C/c1cnc(N2CCNC(=O)CC2)nc1. The van der Waals surface area contributed by atoms with E-state index in [9.17, 15) is 9.59 Å². The lowest BCUT2D eigenvalue weighted by molar-refractivity contribution is -0.131. The van der Waals surface area contributed by atoms with Gasteiger partial charge in [-0.05, 0) is 6.08 Å². The summed E-state index contributed by atoms with van der Waals surface area (Å²) >= 11 is 0. The molecule has 1 aliphatic rings. The summed E-state index contributed by atoms with van der Waals surface area (Å²) < 4.78 is 0. The molecule has 1 fully saturated rings. The van der Waals surface area contributed by atoms with Crippen LogP contribution in [0.25, 0.3) is 6.08 Å². The van der Waals surface area contributed by atoms with E-state index >= 15 is 0 Å². The minimum Gasteiger partial charge on any atom is -0.478 e. The van der Waals surface area contributed by atoms with Crippen molar-refractivity contribution < 1.29 is 14.7 Å². The van der Waals surface area contributed by atoms with Gasteiger partial charge in [0.15, 0.2) is 0 Å². The number of aromatic nitrogens is 2. The number of rotatable bonds is 3. The summed E-state index contributed by atoms with van der Waals surface area (Å²) in [7, 11) is 0. The second-order valence-corrected chi connectivity index (χ2v) is 4.07. The molecule has 2 heterocycles. The molecule has 1 amide bonds. The van der Waals surface area contributed by atoms with Crippen LogP contribution >= 0.6 is 0 Å². The average Bonchev–Trinajstić information content (AvgIpc) is 2.62. The topological polar surface area (TPSA) is 95.4 Å². The van der Waals surface area contributed by atoms with Crippen LogP contribution in [0, 0.1) is 0 Å². The zero-order valence-corrected chi connectivity index (χ0v) is 10.2. The molecule has 0 aromatic carbocycles. The van der Waals surface area contributed by atoms with Gasteiger partial charge in [0.1, 0.15) is 0 Å². The van der Waals surface area contributed by atoms with E-state index in [2.05, 4.69) is 15.3 Å². The molecule has 2 rings (SSSR count). The second-order valence-electron chi connectivity index (χ2n) is 4.07. The van der Waals surface area contributed by atoms with Crippen molar-refractivity contribution in [3.8, 4) is 0 Å². The highest BCUT2D eigenvalue weighted by atomic mass is 16.4. The number of aliphatic carboxylic acids is 1. The first-order valence-electron chi connectivity index (χ1n) is 5.90. The van der Waals surface area contributed by atoms with Crippen LogP contribution in [-0.4, -0.2) is 46.6 Å². The Labute approximate surface area is 110 Å². The van der Waals surface area contributed by atoms with Gasteiger partial charge < -0.3 is 15.3 Å². The van der Waals surface area contributed by atoms with Gasteiger partial charge in [-0.15, -0.1) is 0 Å². The van der Waals surface area contributed by atoms with Crippen LogP contribution in [0.4, 0.5) is 5.95 Å². The van der Waals surface area contributed by atoms with Crippen molar-refractivity contribution in [1.29, 1.82) is 0 Å². The minimum absolute atomic E-state index is 0.0310. The molecular weight excluding hydrogens is 248 g/mol. The Morgan fingerprint density at radius 2 is 2.11 bits per heavy atom. The largest absolute Gasteiger partial charge is 0.478 e. The zero-order valence-electron chi connectivity index (χ0n) is 10.2. The fraction of sp³-hybridized carbons (Fsp3) is 0.333. The van der Waals surface area contributed by atoms with Gasteiger partial charge in [-0.1, -0.05) is 0 Å². The summed E-state index contributed by atoms with van der Waals surface area (Å²) in [5.74, 6) is -0.436. The third kappa shape index (κ3) is 3.77. The lowest BCUT2D eigenvalue weighted by Gasteiger charge is -2.18. The third-order valence-corrected chi connectivity index (χ3v) is 2.67. The van der Waals surface area contributed by atoms with E-state index in [4.69, 9.17) is 5.11 Å². The number of hydrogen-bond donors (Lipinski definition) is 2. The third-order valence-electron chi connectivity index (χ3n) is 2.67. The van der Waals surface area contributed by atoms with Gasteiger partial charge in [0.2, 0.25) is 11.9 Å². The van der Waals surface area contributed by atoms with Crippen LogP contribution < -0.4 is 10.2 Å². The van der Waals surface area contributed by atoms with Gasteiger partial charge in [0.05, 0.1) is 0 Å². The predicted molar refractivity (Wildman–Crippen MR) is 68.5 cm³/mol. The molecule has 1 aliphatic heterocycles. The molecule has 0 saturated carbocycles. The normalized spacial score (nSPS) is 16.2. The highest BCUT2D eigenvalue weighted by Gasteiger charge is 2.15. The van der Waals surface area contributed by atoms with Crippen molar-refractivity contribution >= 4 is 23.9 Å². The van der Waals surface area contributed by atoms with Gasteiger partial charge in [-0.3, -0.25) is 4.79 Å². The lowest BCUT2D eigenvalue weighted by Crippen LogP contribution is -2.29. The zero-order chi connectivity index (χ0) is 13.7. The number of nitrogens with one attached hydrogen (secondary N) is 1. The molecule has 1 aromatic rings. The first kappa shape index (κ1) is 13.0. The maximum absolute atomic E-state index is 11.2. The maximum atomic E-state index is 11.2. The number of amides is 1. The minimum atomic E-state index is -1.01. The summed E-state index contributed by atoms with van der Waals surface area (Å²) in [5.41, 5.74) is 0.621. The second kappa shape index (κ2) is 5.94. The number of carbonyl (C=O) groups excluding carboxylic acids is 1. The lowest BCUT2D eigenvalue weighted by atomic mass is 10.3. The van der Waals surface area contributed by atoms with Gasteiger partial charge in [0, 0.05) is 50.1 Å². The molecule has 7 nitrogen and oxygen atoms in total. The number of anilines is 1. The van der Waals surface area contributed by atoms with Crippen LogP contribution in [0.15, 0.2) is 18.5 Å². The molecule has 19 heavy (non-hydrogen) atoms. The molecule has 2 N–H and O–H groups in total. The predicted octanol–water partition coefficient (Wildman–Crippen LogP) is -0.0993. The van der Waals surface area contributed by atoms with E-state index < -0.39 is 5.97 Å². The van der Waals surface area contributed by atoms with Crippen LogP contribution in [0.2, 0.25) is 0 Å². The van der Waals surface area contributed by atoms with E-state index in [-0.39, 0.29) is 5.91 Å². The number of carboxylic acids is 1. The van der Waals surface area contributed by atoms with E-state index in [1.165, 1.54) is 6.08 Å². The van der Waals surface area contributed by atoms with Crippen molar-refractivity contribution in [3.05, 3.63) is 24.0 Å². The van der Waals surface area contributed by atoms with Crippen molar-refractivity contribution in [2.24, 2.45) is 0 Å². The van der Waals surface area contributed by atoms with Gasteiger partial charge >= 0.3 is 5.97 Å². The Hall–Kier alpha value is -2.44. The fourth-order valence-electron chi connectivity index (χ4n) is 1.72. The van der Waals surface area contributed by atoms with Crippen LogP contribution in [0.5, 0.6) is 0 Å². The van der Waals surface area contributed by atoms with Crippen LogP contribution in [0.1, 0.15) is 12.0 Å². The number of carboxylic acid groups (broad SMARTS) is 1. The molecule has 0 atom stereocenters. The average molecular weight is 262 g/mol. The van der Waals surface area contributed by atoms with E-state index in [1.807, 2.05) is 4.90 Å². The fourth-order valence-corrected chi connectivity index (χ4v) is 1.72. The molecule has 0 radical (unpaired) electrons. The van der Waals surface area contributed by atoms with E-state index in [0.29, 0.717) is 37.6 Å².